The van der Waals surface area contributed by atoms with Crippen LogP contribution in [0.5, 0.6) is 0 Å². The SMILES string of the molecule is Cc1cc(C)c(C(=O)O)c(Nc2ccccc2N(C)C)n1. The molecule has 0 aliphatic carbocycles. The lowest BCUT2D eigenvalue weighted by Gasteiger charge is -2.19. The van der Waals surface area contributed by atoms with Gasteiger partial charge in [-0.2, -0.15) is 0 Å². The third-order valence-corrected chi connectivity index (χ3v) is 3.20. The summed E-state index contributed by atoms with van der Waals surface area (Å²) in [6, 6.07) is 9.48. The van der Waals surface area contributed by atoms with Crippen LogP contribution in [0.3, 0.4) is 0 Å². The normalized spacial score (nSPS) is 10.3. The summed E-state index contributed by atoms with van der Waals surface area (Å²) < 4.78 is 0. The quantitative estimate of drug-likeness (QED) is 0.903. The molecule has 0 aliphatic rings. The molecule has 0 radical (unpaired) electrons. The predicted octanol–water partition coefficient (Wildman–Crippen LogP) is 3.21. The summed E-state index contributed by atoms with van der Waals surface area (Å²) in [6.07, 6.45) is 0. The van der Waals surface area contributed by atoms with Crippen molar-refractivity contribution < 1.29 is 9.90 Å². The lowest BCUT2D eigenvalue weighted by Crippen LogP contribution is -2.13. The maximum absolute atomic E-state index is 11.5. The van der Waals surface area contributed by atoms with E-state index in [-0.39, 0.29) is 5.56 Å². The van der Waals surface area contributed by atoms with Crippen LogP contribution in [0.25, 0.3) is 0 Å². The van der Waals surface area contributed by atoms with Crippen molar-refractivity contribution in [2.24, 2.45) is 0 Å². The highest BCUT2D eigenvalue weighted by Gasteiger charge is 2.17. The van der Waals surface area contributed by atoms with Gasteiger partial charge in [0.25, 0.3) is 0 Å². The molecular formula is C16H19N3O2. The molecule has 110 valence electrons. The minimum absolute atomic E-state index is 0.203. The van der Waals surface area contributed by atoms with Crippen molar-refractivity contribution in [2.45, 2.75) is 13.8 Å². The van der Waals surface area contributed by atoms with Crippen LogP contribution in [0.1, 0.15) is 21.6 Å². The molecule has 1 aromatic heterocycles. The van der Waals surface area contributed by atoms with Gasteiger partial charge in [0.1, 0.15) is 11.4 Å². The van der Waals surface area contributed by atoms with Gasteiger partial charge in [0.05, 0.1) is 11.4 Å². The number of hydrogen-bond acceptors (Lipinski definition) is 4. The number of aromatic nitrogens is 1. The fourth-order valence-corrected chi connectivity index (χ4v) is 2.29. The fourth-order valence-electron chi connectivity index (χ4n) is 2.29. The van der Waals surface area contributed by atoms with E-state index in [9.17, 15) is 9.90 Å². The van der Waals surface area contributed by atoms with E-state index in [1.54, 1.807) is 13.0 Å². The summed E-state index contributed by atoms with van der Waals surface area (Å²) in [6.45, 7) is 3.63. The number of rotatable bonds is 4. The highest BCUT2D eigenvalue weighted by Crippen LogP contribution is 2.29. The van der Waals surface area contributed by atoms with Crippen LogP contribution in [0, 0.1) is 13.8 Å². The Morgan fingerprint density at radius 2 is 1.90 bits per heavy atom. The van der Waals surface area contributed by atoms with Gasteiger partial charge in [0, 0.05) is 19.8 Å². The van der Waals surface area contributed by atoms with Crippen LogP contribution in [0.4, 0.5) is 17.2 Å². The first-order valence-electron chi connectivity index (χ1n) is 6.65. The predicted molar refractivity (Wildman–Crippen MR) is 84.7 cm³/mol. The number of para-hydroxylation sites is 2. The molecule has 5 heteroatoms. The Bertz CT molecular complexity index is 681. The first kappa shape index (κ1) is 14.8. The van der Waals surface area contributed by atoms with Gasteiger partial charge in [-0.05, 0) is 37.6 Å². The minimum Gasteiger partial charge on any atom is -0.478 e. The molecule has 0 spiro atoms. The van der Waals surface area contributed by atoms with Gasteiger partial charge in [-0.15, -0.1) is 0 Å². The standard InChI is InChI=1S/C16H19N3O2/c1-10-9-11(2)17-15(14(10)16(20)21)18-12-7-5-6-8-13(12)19(3)4/h5-9H,1-4H3,(H,17,18)(H,20,21). The summed E-state index contributed by atoms with van der Waals surface area (Å²) >= 11 is 0. The van der Waals surface area contributed by atoms with Crippen molar-refractivity contribution in [1.29, 1.82) is 0 Å². The Hall–Kier alpha value is -2.56. The van der Waals surface area contributed by atoms with Crippen molar-refractivity contribution in [2.75, 3.05) is 24.3 Å². The molecule has 0 amide bonds. The first-order chi connectivity index (χ1) is 9.90. The van der Waals surface area contributed by atoms with Gasteiger partial charge >= 0.3 is 5.97 Å². The van der Waals surface area contributed by atoms with E-state index in [1.807, 2.05) is 50.2 Å². The summed E-state index contributed by atoms with van der Waals surface area (Å²) in [5.74, 6) is -0.612. The zero-order valence-corrected chi connectivity index (χ0v) is 12.6. The van der Waals surface area contributed by atoms with Gasteiger partial charge in [-0.1, -0.05) is 12.1 Å². The molecule has 0 saturated heterocycles. The topological polar surface area (TPSA) is 65.5 Å². The smallest absolute Gasteiger partial charge is 0.339 e. The Labute approximate surface area is 124 Å². The molecule has 0 saturated carbocycles. The number of nitrogens with zero attached hydrogens (tertiary/aromatic N) is 2. The van der Waals surface area contributed by atoms with E-state index < -0.39 is 5.97 Å². The molecule has 21 heavy (non-hydrogen) atoms. The maximum Gasteiger partial charge on any atom is 0.339 e. The molecule has 0 atom stereocenters. The second-order valence-corrected chi connectivity index (χ2v) is 5.15. The van der Waals surface area contributed by atoms with Gasteiger partial charge in [-0.3, -0.25) is 0 Å². The van der Waals surface area contributed by atoms with Gasteiger partial charge < -0.3 is 15.3 Å². The van der Waals surface area contributed by atoms with Crippen molar-refractivity contribution in [3.63, 3.8) is 0 Å². The maximum atomic E-state index is 11.5. The van der Waals surface area contributed by atoms with Crippen LogP contribution in [0.15, 0.2) is 30.3 Å². The number of carboxylic acid groups (broad SMARTS) is 1. The van der Waals surface area contributed by atoms with E-state index in [1.165, 1.54) is 0 Å². The van der Waals surface area contributed by atoms with Gasteiger partial charge in [0.2, 0.25) is 0 Å². The molecule has 5 nitrogen and oxygen atoms in total. The lowest BCUT2D eigenvalue weighted by atomic mass is 10.1. The zero-order valence-electron chi connectivity index (χ0n) is 12.6. The molecule has 1 heterocycles. The van der Waals surface area contributed by atoms with Crippen molar-refractivity contribution >= 4 is 23.2 Å². The van der Waals surface area contributed by atoms with E-state index in [0.717, 1.165) is 17.1 Å². The second kappa shape index (κ2) is 5.83. The van der Waals surface area contributed by atoms with Gasteiger partial charge in [0.15, 0.2) is 0 Å². The number of aryl methyl sites for hydroxylation is 2. The third kappa shape index (κ3) is 3.13. The average Bonchev–Trinajstić information content (AvgIpc) is 2.37. The number of pyridine rings is 1. The number of hydrogen-bond donors (Lipinski definition) is 2. The summed E-state index contributed by atoms with van der Waals surface area (Å²) in [5.41, 5.74) is 3.47. The molecular weight excluding hydrogens is 266 g/mol. The largest absolute Gasteiger partial charge is 0.478 e. The second-order valence-electron chi connectivity index (χ2n) is 5.15. The number of carboxylic acids is 1. The molecule has 0 unspecified atom stereocenters. The molecule has 0 bridgehead atoms. The molecule has 0 aliphatic heterocycles. The highest BCUT2D eigenvalue weighted by molar-refractivity contribution is 5.96. The molecule has 2 N–H and O–H groups in total. The summed E-state index contributed by atoms with van der Waals surface area (Å²) in [4.78, 5) is 17.8. The Morgan fingerprint density at radius 1 is 1.24 bits per heavy atom. The summed E-state index contributed by atoms with van der Waals surface area (Å²) in [5, 5.41) is 12.6. The average molecular weight is 285 g/mol. The molecule has 2 aromatic rings. The van der Waals surface area contributed by atoms with Crippen LogP contribution in [-0.2, 0) is 0 Å². The Balaban J connectivity index is 2.52. The highest BCUT2D eigenvalue weighted by atomic mass is 16.4. The number of aromatic carboxylic acids is 1. The Kier molecular flexibility index (Phi) is 4.12. The monoisotopic (exact) mass is 285 g/mol. The van der Waals surface area contributed by atoms with Crippen molar-refractivity contribution in [3.8, 4) is 0 Å². The van der Waals surface area contributed by atoms with E-state index in [2.05, 4.69) is 10.3 Å². The van der Waals surface area contributed by atoms with Crippen molar-refractivity contribution in [1.82, 2.24) is 4.98 Å². The van der Waals surface area contributed by atoms with Crippen molar-refractivity contribution in [3.05, 3.63) is 47.2 Å². The van der Waals surface area contributed by atoms with E-state index in [0.29, 0.717) is 11.4 Å². The number of anilines is 3. The van der Waals surface area contributed by atoms with Crippen LogP contribution < -0.4 is 10.2 Å². The van der Waals surface area contributed by atoms with Crippen LogP contribution in [-0.4, -0.2) is 30.2 Å². The zero-order chi connectivity index (χ0) is 15.6. The lowest BCUT2D eigenvalue weighted by molar-refractivity contribution is 0.0697. The molecule has 0 fully saturated rings. The third-order valence-electron chi connectivity index (χ3n) is 3.20. The van der Waals surface area contributed by atoms with Crippen LogP contribution >= 0.6 is 0 Å². The number of carbonyl (C=O) groups is 1. The first-order valence-corrected chi connectivity index (χ1v) is 6.65. The number of nitrogens with one attached hydrogen (secondary N) is 1. The van der Waals surface area contributed by atoms with E-state index in [4.69, 9.17) is 0 Å². The summed E-state index contributed by atoms with van der Waals surface area (Å²) in [7, 11) is 3.88. The minimum atomic E-state index is -0.982. The fraction of sp³-hybridized carbons (Fsp3) is 0.250. The van der Waals surface area contributed by atoms with Crippen LogP contribution in [0.2, 0.25) is 0 Å². The Morgan fingerprint density at radius 3 is 2.52 bits per heavy atom. The number of benzene rings is 1. The van der Waals surface area contributed by atoms with Gasteiger partial charge in [-0.25, -0.2) is 9.78 Å². The molecule has 2 rings (SSSR count). The molecule has 1 aromatic carbocycles. The van der Waals surface area contributed by atoms with E-state index >= 15 is 0 Å².